The van der Waals surface area contributed by atoms with Crippen LogP contribution < -0.4 is 0 Å². The number of hydrogen-bond donors (Lipinski definition) is 0. The molecule has 0 fully saturated rings. The normalized spacial score (nSPS) is 14.0. The monoisotopic (exact) mass is 322 g/mol. The van der Waals surface area contributed by atoms with Crippen molar-refractivity contribution in [1.82, 2.24) is 0 Å². The van der Waals surface area contributed by atoms with Gasteiger partial charge in [0.2, 0.25) is 6.17 Å². The summed E-state index contributed by atoms with van der Waals surface area (Å²) >= 11 is 0. The molecule has 7 heteroatoms. The lowest BCUT2D eigenvalue weighted by Crippen LogP contribution is -2.16. The van der Waals surface area contributed by atoms with E-state index < -0.39 is 29.7 Å². The highest BCUT2D eigenvalue weighted by atomic mass is 19.4. The maximum absolute atomic E-state index is 13.1. The lowest BCUT2D eigenvalue weighted by atomic mass is 10.0. The second-order valence-corrected chi connectivity index (χ2v) is 4.60. The largest absolute Gasteiger partial charge is 0.423 e. The molecule has 2 rings (SSSR count). The second kappa shape index (κ2) is 5.62. The number of benzene rings is 2. The molecule has 1 unspecified atom stereocenters. The molecular formula is C15H9F7. The lowest BCUT2D eigenvalue weighted by molar-refractivity contribution is -0.182. The van der Waals surface area contributed by atoms with Gasteiger partial charge in [-0.15, -0.1) is 0 Å². The van der Waals surface area contributed by atoms with Crippen LogP contribution in [0.5, 0.6) is 0 Å². The maximum atomic E-state index is 13.1. The van der Waals surface area contributed by atoms with E-state index >= 15 is 0 Å². The fourth-order valence-electron chi connectivity index (χ4n) is 1.89. The third-order valence-corrected chi connectivity index (χ3v) is 3.04. The molecule has 0 aliphatic rings. The first-order valence-electron chi connectivity index (χ1n) is 6.07. The van der Waals surface area contributed by atoms with Crippen molar-refractivity contribution in [2.24, 2.45) is 0 Å². The van der Waals surface area contributed by atoms with Crippen LogP contribution in [0.4, 0.5) is 30.7 Å². The number of halogens is 7. The molecule has 0 aliphatic heterocycles. The fraction of sp³-hybridized carbons (Fsp3) is 0.200. The van der Waals surface area contributed by atoms with Gasteiger partial charge in [0, 0.05) is 0 Å². The van der Waals surface area contributed by atoms with Gasteiger partial charge >= 0.3 is 12.4 Å². The van der Waals surface area contributed by atoms with Crippen LogP contribution in [0.3, 0.4) is 0 Å². The molecule has 0 N–H and O–H groups in total. The quantitative estimate of drug-likeness (QED) is 0.600. The van der Waals surface area contributed by atoms with Gasteiger partial charge in [0.05, 0.1) is 5.56 Å². The summed E-state index contributed by atoms with van der Waals surface area (Å²) in [5, 5.41) is 0. The van der Waals surface area contributed by atoms with E-state index in [0.29, 0.717) is 11.1 Å². The van der Waals surface area contributed by atoms with Crippen LogP contribution in [-0.4, -0.2) is 6.18 Å². The first kappa shape index (κ1) is 16.3. The lowest BCUT2D eigenvalue weighted by Gasteiger charge is -2.13. The van der Waals surface area contributed by atoms with E-state index in [-0.39, 0.29) is 0 Å². The van der Waals surface area contributed by atoms with Crippen LogP contribution in [0.1, 0.15) is 17.3 Å². The zero-order valence-corrected chi connectivity index (χ0v) is 10.8. The SMILES string of the molecule is FC(c1ccc(-c2ccc(C(F)(F)F)cc2)cc1)C(F)(F)F. The molecule has 1 atom stereocenters. The van der Waals surface area contributed by atoms with Gasteiger partial charge in [-0.1, -0.05) is 36.4 Å². The Morgan fingerprint density at radius 1 is 0.636 bits per heavy atom. The van der Waals surface area contributed by atoms with Crippen molar-refractivity contribution in [3.63, 3.8) is 0 Å². The van der Waals surface area contributed by atoms with Crippen molar-refractivity contribution in [1.29, 1.82) is 0 Å². The summed E-state index contributed by atoms with van der Waals surface area (Å²) in [5.74, 6) is 0. The van der Waals surface area contributed by atoms with Crippen molar-refractivity contribution >= 4 is 0 Å². The highest BCUT2D eigenvalue weighted by Gasteiger charge is 2.41. The summed E-state index contributed by atoms with van der Waals surface area (Å²) in [6.07, 6.45) is -12.5. The molecule has 0 heterocycles. The van der Waals surface area contributed by atoms with Gasteiger partial charge in [-0.2, -0.15) is 26.3 Å². The Balaban J connectivity index is 2.24. The topological polar surface area (TPSA) is 0 Å². The summed E-state index contributed by atoms with van der Waals surface area (Å²) in [6.45, 7) is 0. The molecule has 0 aliphatic carbocycles. The Morgan fingerprint density at radius 2 is 1.05 bits per heavy atom. The summed E-state index contributed by atoms with van der Waals surface area (Å²) < 4.78 is 87.1. The minimum absolute atomic E-state index is 0.391. The average molecular weight is 322 g/mol. The zero-order chi connectivity index (χ0) is 16.5. The van der Waals surface area contributed by atoms with E-state index in [9.17, 15) is 30.7 Å². The molecular weight excluding hydrogens is 313 g/mol. The fourth-order valence-corrected chi connectivity index (χ4v) is 1.89. The van der Waals surface area contributed by atoms with E-state index in [1.54, 1.807) is 0 Å². The standard InChI is InChI=1S/C15H9F7/c16-13(15(20,21)22)11-3-1-9(2-4-11)10-5-7-12(8-6-10)14(17,18)19/h1-8,13H. The average Bonchev–Trinajstić information content (AvgIpc) is 2.45. The summed E-state index contributed by atoms with van der Waals surface area (Å²) in [4.78, 5) is 0. The predicted octanol–water partition coefficient (Wildman–Crippen LogP) is 5.95. The van der Waals surface area contributed by atoms with E-state index in [1.807, 2.05) is 0 Å². The van der Waals surface area contributed by atoms with E-state index in [4.69, 9.17) is 0 Å². The summed E-state index contributed by atoms with van der Waals surface area (Å²) in [5.41, 5.74) is -0.592. The van der Waals surface area contributed by atoms with Crippen LogP contribution in [-0.2, 0) is 6.18 Å². The molecule has 22 heavy (non-hydrogen) atoms. The molecule has 118 valence electrons. The van der Waals surface area contributed by atoms with Gasteiger partial charge in [-0.05, 0) is 28.8 Å². The molecule has 2 aromatic carbocycles. The Hall–Kier alpha value is -2.05. The molecule has 0 radical (unpaired) electrons. The molecule has 0 spiro atoms. The van der Waals surface area contributed by atoms with Crippen LogP contribution in [0.25, 0.3) is 11.1 Å². The van der Waals surface area contributed by atoms with Crippen molar-refractivity contribution in [2.75, 3.05) is 0 Å². The number of alkyl halides is 7. The van der Waals surface area contributed by atoms with Gasteiger partial charge < -0.3 is 0 Å². The van der Waals surface area contributed by atoms with Crippen molar-refractivity contribution in [3.8, 4) is 11.1 Å². The zero-order valence-electron chi connectivity index (χ0n) is 10.8. The molecule has 0 nitrogen and oxygen atoms in total. The van der Waals surface area contributed by atoms with Crippen molar-refractivity contribution in [3.05, 3.63) is 59.7 Å². The van der Waals surface area contributed by atoms with Crippen LogP contribution >= 0.6 is 0 Å². The third kappa shape index (κ3) is 3.58. The highest BCUT2D eigenvalue weighted by molar-refractivity contribution is 5.64. The van der Waals surface area contributed by atoms with Gasteiger partial charge in [0.15, 0.2) is 0 Å². The Labute approximate surface area is 121 Å². The summed E-state index contributed by atoms with van der Waals surface area (Å²) in [7, 11) is 0. The number of hydrogen-bond acceptors (Lipinski definition) is 0. The van der Waals surface area contributed by atoms with Gasteiger partial charge in [0.25, 0.3) is 0 Å². The van der Waals surface area contributed by atoms with Crippen LogP contribution in [0, 0.1) is 0 Å². The maximum Gasteiger partial charge on any atom is 0.423 e. The van der Waals surface area contributed by atoms with E-state index in [2.05, 4.69) is 0 Å². The second-order valence-electron chi connectivity index (χ2n) is 4.60. The van der Waals surface area contributed by atoms with Crippen LogP contribution in [0.2, 0.25) is 0 Å². The third-order valence-electron chi connectivity index (χ3n) is 3.04. The molecule has 0 bridgehead atoms. The minimum Gasteiger partial charge on any atom is -0.232 e. The van der Waals surface area contributed by atoms with Crippen molar-refractivity contribution < 1.29 is 30.7 Å². The molecule has 0 aromatic heterocycles. The molecule has 0 amide bonds. The van der Waals surface area contributed by atoms with Gasteiger partial charge in [0.1, 0.15) is 0 Å². The predicted molar refractivity (Wildman–Crippen MR) is 66.8 cm³/mol. The van der Waals surface area contributed by atoms with Gasteiger partial charge in [-0.3, -0.25) is 0 Å². The molecule has 0 saturated heterocycles. The molecule has 2 aromatic rings. The van der Waals surface area contributed by atoms with E-state index in [1.165, 1.54) is 24.3 Å². The van der Waals surface area contributed by atoms with Crippen molar-refractivity contribution in [2.45, 2.75) is 18.5 Å². The first-order chi connectivity index (χ1) is 10.1. The summed E-state index contributed by atoms with van der Waals surface area (Å²) in [6, 6.07) is 8.54. The molecule has 0 saturated carbocycles. The smallest absolute Gasteiger partial charge is 0.232 e. The van der Waals surface area contributed by atoms with Crippen LogP contribution in [0.15, 0.2) is 48.5 Å². The Bertz CT molecular complexity index is 621. The van der Waals surface area contributed by atoms with Gasteiger partial charge in [-0.25, -0.2) is 4.39 Å². The Kier molecular flexibility index (Phi) is 4.17. The Morgan fingerprint density at radius 3 is 1.41 bits per heavy atom. The first-order valence-corrected chi connectivity index (χ1v) is 6.07. The minimum atomic E-state index is -4.99. The van der Waals surface area contributed by atoms with E-state index in [0.717, 1.165) is 24.3 Å². The number of rotatable bonds is 2. The highest BCUT2D eigenvalue weighted by Crippen LogP contribution is 2.37.